The van der Waals surface area contributed by atoms with Crippen LogP contribution in [0.15, 0.2) is 54.6 Å². The van der Waals surface area contributed by atoms with Crippen molar-refractivity contribution in [3.05, 3.63) is 65.7 Å². The van der Waals surface area contributed by atoms with Crippen LogP contribution in [0.4, 0.5) is 4.79 Å². The van der Waals surface area contributed by atoms with E-state index in [4.69, 9.17) is 14.2 Å². The molecule has 1 amide bonds. The van der Waals surface area contributed by atoms with Gasteiger partial charge in [-0.15, -0.1) is 0 Å². The summed E-state index contributed by atoms with van der Waals surface area (Å²) in [6, 6.07) is 15.8. The predicted octanol–water partition coefficient (Wildman–Crippen LogP) is 3.10. The minimum absolute atomic E-state index is 0.121. The van der Waals surface area contributed by atoms with Crippen LogP contribution in [-0.4, -0.2) is 31.8 Å². The lowest BCUT2D eigenvalue weighted by Gasteiger charge is -2.18. The van der Waals surface area contributed by atoms with Gasteiger partial charge in [0.05, 0.1) is 13.7 Å². The van der Waals surface area contributed by atoms with Gasteiger partial charge in [0, 0.05) is 6.42 Å². The monoisotopic (exact) mass is 357 g/mol. The number of alkyl carbamates (subject to hydrolysis) is 1. The van der Waals surface area contributed by atoms with Crippen LogP contribution in [0.25, 0.3) is 0 Å². The second-order valence-corrected chi connectivity index (χ2v) is 5.53. The standard InChI is InChI=1S/C20H23NO5/c1-3-25-18-12-8-7-11-16(18)13-17(19(22)24-2)21-20(23)26-14-15-9-5-4-6-10-15/h4-12,17H,3,13-14H2,1-2H3,(H,21,23)/t17-/m0/s1. The number of esters is 1. The molecule has 0 aliphatic heterocycles. The molecule has 0 bridgehead atoms. The van der Waals surface area contributed by atoms with Gasteiger partial charge in [-0.2, -0.15) is 0 Å². The lowest BCUT2D eigenvalue weighted by atomic mass is 10.0. The van der Waals surface area contributed by atoms with E-state index < -0.39 is 18.1 Å². The van der Waals surface area contributed by atoms with Crippen LogP contribution < -0.4 is 10.1 Å². The van der Waals surface area contributed by atoms with E-state index in [2.05, 4.69) is 5.32 Å². The fraction of sp³-hybridized carbons (Fsp3) is 0.300. The Labute approximate surface area is 153 Å². The summed E-state index contributed by atoms with van der Waals surface area (Å²) in [6.45, 7) is 2.51. The maximum Gasteiger partial charge on any atom is 0.408 e. The van der Waals surface area contributed by atoms with Gasteiger partial charge < -0.3 is 19.5 Å². The summed E-state index contributed by atoms with van der Waals surface area (Å²) < 4.78 is 15.5. The van der Waals surface area contributed by atoms with Crippen LogP contribution in [0.1, 0.15) is 18.1 Å². The number of methoxy groups -OCH3 is 1. The molecule has 0 radical (unpaired) electrons. The number of para-hydroxylation sites is 1. The van der Waals surface area contributed by atoms with Crippen molar-refractivity contribution in [1.82, 2.24) is 5.32 Å². The van der Waals surface area contributed by atoms with Gasteiger partial charge in [-0.05, 0) is 24.1 Å². The Kier molecular flexibility index (Phi) is 7.49. The fourth-order valence-electron chi connectivity index (χ4n) is 2.43. The van der Waals surface area contributed by atoms with Crippen LogP contribution in [0, 0.1) is 0 Å². The summed E-state index contributed by atoms with van der Waals surface area (Å²) in [5.74, 6) is 0.122. The second-order valence-electron chi connectivity index (χ2n) is 5.53. The van der Waals surface area contributed by atoms with Crippen LogP contribution in [0.2, 0.25) is 0 Å². The molecule has 26 heavy (non-hydrogen) atoms. The summed E-state index contributed by atoms with van der Waals surface area (Å²) >= 11 is 0. The molecule has 6 nitrogen and oxygen atoms in total. The largest absolute Gasteiger partial charge is 0.494 e. The molecule has 1 N–H and O–H groups in total. The van der Waals surface area contributed by atoms with Gasteiger partial charge in [-0.25, -0.2) is 9.59 Å². The van der Waals surface area contributed by atoms with Gasteiger partial charge in [-0.1, -0.05) is 48.5 Å². The number of nitrogens with one attached hydrogen (secondary N) is 1. The van der Waals surface area contributed by atoms with Crippen molar-refractivity contribution >= 4 is 12.1 Å². The molecule has 2 aromatic carbocycles. The molecule has 0 fully saturated rings. The van der Waals surface area contributed by atoms with Gasteiger partial charge in [0.1, 0.15) is 18.4 Å². The number of rotatable bonds is 8. The molecule has 138 valence electrons. The molecule has 0 spiro atoms. The van der Waals surface area contributed by atoms with E-state index in [0.717, 1.165) is 11.1 Å². The quantitative estimate of drug-likeness (QED) is 0.735. The van der Waals surface area contributed by atoms with Gasteiger partial charge >= 0.3 is 12.1 Å². The Morgan fingerprint density at radius 3 is 2.42 bits per heavy atom. The van der Waals surface area contributed by atoms with E-state index in [-0.39, 0.29) is 13.0 Å². The Morgan fingerprint density at radius 2 is 1.73 bits per heavy atom. The van der Waals surface area contributed by atoms with Gasteiger partial charge in [0.2, 0.25) is 0 Å². The normalized spacial score (nSPS) is 11.3. The topological polar surface area (TPSA) is 73.9 Å². The third kappa shape index (κ3) is 5.81. The molecule has 6 heteroatoms. The number of hydrogen-bond donors (Lipinski definition) is 1. The molecule has 2 rings (SSSR count). The van der Waals surface area contributed by atoms with Gasteiger partial charge in [0.25, 0.3) is 0 Å². The van der Waals surface area contributed by atoms with Gasteiger partial charge in [0.15, 0.2) is 0 Å². The van der Waals surface area contributed by atoms with E-state index in [1.807, 2.05) is 61.5 Å². The number of carbonyl (C=O) groups excluding carboxylic acids is 2. The van der Waals surface area contributed by atoms with Crippen molar-refractivity contribution in [2.75, 3.05) is 13.7 Å². The summed E-state index contributed by atoms with van der Waals surface area (Å²) in [4.78, 5) is 24.1. The van der Waals surface area contributed by atoms with Crippen LogP contribution in [0.3, 0.4) is 0 Å². The summed E-state index contributed by atoms with van der Waals surface area (Å²) in [6.07, 6.45) is -0.443. The van der Waals surface area contributed by atoms with E-state index in [0.29, 0.717) is 12.4 Å². The SMILES string of the molecule is CCOc1ccccc1C[C@H](NC(=O)OCc1ccccc1)C(=O)OC. The molecule has 0 aromatic heterocycles. The van der Waals surface area contributed by atoms with Crippen molar-refractivity contribution in [3.63, 3.8) is 0 Å². The van der Waals surface area contributed by atoms with E-state index in [9.17, 15) is 9.59 Å². The number of carbonyl (C=O) groups is 2. The molecule has 0 heterocycles. The summed E-state index contributed by atoms with van der Waals surface area (Å²) in [5, 5.41) is 2.56. The Morgan fingerprint density at radius 1 is 1.04 bits per heavy atom. The van der Waals surface area contributed by atoms with Crippen molar-refractivity contribution in [3.8, 4) is 5.75 Å². The zero-order valence-electron chi connectivity index (χ0n) is 14.9. The number of amides is 1. The third-order valence-electron chi connectivity index (χ3n) is 3.69. The number of hydrogen-bond acceptors (Lipinski definition) is 5. The summed E-state index contributed by atoms with van der Waals surface area (Å²) in [7, 11) is 1.28. The highest BCUT2D eigenvalue weighted by molar-refractivity contribution is 5.81. The van der Waals surface area contributed by atoms with Gasteiger partial charge in [-0.3, -0.25) is 0 Å². The highest BCUT2D eigenvalue weighted by Crippen LogP contribution is 2.20. The van der Waals surface area contributed by atoms with E-state index >= 15 is 0 Å². The molecular weight excluding hydrogens is 334 g/mol. The molecule has 0 aliphatic carbocycles. The van der Waals surface area contributed by atoms with E-state index in [1.54, 1.807) is 0 Å². The number of ether oxygens (including phenoxy) is 3. The van der Waals surface area contributed by atoms with Crippen LogP contribution >= 0.6 is 0 Å². The highest BCUT2D eigenvalue weighted by Gasteiger charge is 2.24. The van der Waals surface area contributed by atoms with Crippen molar-refractivity contribution in [1.29, 1.82) is 0 Å². The smallest absolute Gasteiger partial charge is 0.408 e. The Hall–Kier alpha value is -3.02. The third-order valence-corrected chi connectivity index (χ3v) is 3.69. The molecule has 0 saturated heterocycles. The average Bonchev–Trinajstić information content (AvgIpc) is 2.67. The minimum Gasteiger partial charge on any atom is -0.494 e. The first-order chi connectivity index (χ1) is 12.6. The number of benzene rings is 2. The molecule has 0 saturated carbocycles. The molecule has 0 unspecified atom stereocenters. The zero-order valence-corrected chi connectivity index (χ0v) is 14.9. The lowest BCUT2D eigenvalue weighted by molar-refractivity contribution is -0.143. The van der Waals surface area contributed by atoms with Crippen molar-refractivity contribution < 1.29 is 23.8 Å². The predicted molar refractivity (Wildman–Crippen MR) is 96.9 cm³/mol. The first kappa shape index (κ1) is 19.3. The van der Waals surface area contributed by atoms with Crippen LogP contribution in [0.5, 0.6) is 5.75 Å². The lowest BCUT2D eigenvalue weighted by Crippen LogP contribution is -2.43. The molecule has 1 atom stereocenters. The molecule has 2 aromatic rings. The zero-order chi connectivity index (χ0) is 18.8. The second kappa shape index (κ2) is 10.1. The molecule has 0 aliphatic rings. The molecular formula is C20H23NO5. The van der Waals surface area contributed by atoms with Crippen LogP contribution in [-0.2, 0) is 27.3 Å². The maximum atomic E-state index is 12.1. The highest BCUT2D eigenvalue weighted by atomic mass is 16.6. The maximum absolute atomic E-state index is 12.1. The first-order valence-corrected chi connectivity index (χ1v) is 8.39. The Bertz CT molecular complexity index is 717. The first-order valence-electron chi connectivity index (χ1n) is 8.39. The Balaban J connectivity index is 2.01. The van der Waals surface area contributed by atoms with Crippen molar-refractivity contribution in [2.45, 2.75) is 26.0 Å². The average molecular weight is 357 g/mol. The minimum atomic E-state index is -0.870. The van der Waals surface area contributed by atoms with E-state index in [1.165, 1.54) is 7.11 Å². The summed E-state index contributed by atoms with van der Waals surface area (Å²) in [5.41, 5.74) is 1.66. The fourth-order valence-corrected chi connectivity index (χ4v) is 2.43. The van der Waals surface area contributed by atoms with Crippen molar-refractivity contribution in [2.24, 2.45) is 0 Å².